The van der Waals surface area contributed by atoms with Crippen LogP contribution in [0, 0.1) is 0 Å². The molecular weight excluding hydrogens is 288 g/mol. The molecule has 0 aliphatic carbocycles. The summed E-state index contributed by atoms with van der Waals surface area (Å²) in [5, 5.41) is 4.29. The van der Waals surface area contributed by atoms with Gasteiger partial charge in [-0.25, -0.2) is 0 Å². The zero-order chi connectivity index (χ0) is 15.8. The Morgan fingerprint density at radius 1 is 1.26 bits per heavy atom. The van der Waals surface area contributed by atoms with Crippen molar-refractivity contribution in [2.75, 3.05) is 24.5 Å². The minimum absolute atomic E-state index is 0.0760. The number of aryl methyl sites for hydroxylation is 1. The Bertz CT molecular complexity index is 691. The molecule has 2 aromatic rings. The molecule has 0 N–H and O–H groups in total. The third-order valence-electron chi connectivity index (χ3n) is 5.07. The third-order valence-corrected chi connectivity index (χ3v) is 5.07. The molecule has 120 valence electrons. The second kappa shape index (κ2) is 5.81. The van der Waals surface area contributed by atoms with E-state index in [0.717, 1.165) is 38.2 Å². The normalized spacial score (nSPS) is 20.0. The molecule has 1 atom stereocenters. The van der Waals surface area contributed by atoms with Crippen molar-refractivity contribution in [2.24, 2.45) is 0 Å². The number of nitrogens with zero attached hydrogens (tertiary/aromatic N) is 4. The predicted molar refractivity (Wildman–Crippen MR) is 89.4 cm³/mol. The number of aromatic nitrogens is 2. The molecule has 1 amide bonds. The Kier molecular flexibility index (Phi) is 3.65. The topological polar surface area (TPSA) is 41.4 Å². The molecule has 5 nitrogen and oxygen atoms in total. The lowest BCUT2D eigenvalue weighted by atomic mass is 10.00. The van der Waals surface area contributed by atoms with Gasteiger partial charge in [0.15, 0.2) is 0 Å². The zero-order valence-electron chi connectivity index (χ0n) is 13.4. The van der Waals surface area contributed by atoms with Crippen LogP contribution in [0.15, 0.2) is 42.7 Å². The number of anilines is 1. The summed E-state index contributed by atoms with van der Waals surface area (Å²) in [6.07, 6.45) is 5.92. The van der Waals surface area contributed by atoms with Crippen LogP contribution in [0.5, 0.6) is 0 Å². The molecule has 0 radical (unpaired) electrons. The van der Waals surface area contributed by atoms with Gasteiger partial charge in [-0.3, -0.25) is 14.4 Å². The molecule has 1 aromatic heterocycles. The maximum absolute atomic E-state index is 13.0. The monoisotopic (exact) mass is 310 g/mol. The van der Waals surface area contributed by atoms with Gasteiger partial charge >= 0.3 is 0 Å². The van der Waals surface area contributed by atoms with E-state index in [4.69, 9.17) is 0 Å². The fourth-order valence-electron chi connectivity index (χ4n) is 3.61. The fourth-order valence-corrected chi connectivity index (χ4v) is 3.61. The van der Waals surface area contributed by atoms with Crippen molar-refractivity contribution in [1.29, 1.82) is 0 Å². The minimum Gasteiger partial charge on any atom is -0.311 e. The smallest absolute Gasteiger partial charge is 0.244 e. The van der Waals surface area contributed by atoms with Crippen LogP contribution in [-0.2, 0) is 11.2 Å². The number of hydrogen-bond donors (Lipinski definition) is 0. The summed E-state index contributed by atoms with van der Waals surface area (Å²) >= 11 is 0. The summed E-state index contributed by atoms with van der Waals surface area (Å²) in [5.41, 5.74) is 2.39. The summed E-state index contributed by atoms with van der Waals surface area (Å²) in [7, 11) is 0. The SMILES string of the molecule is C[C@@H](C(=O)N1CCCc2ccccc21)N1CC(n2cccn2)C1. The van der Waals surface area contributed by atoms with Crippen molar-refractivity contribution in [3.05, 3.63) is 48.3 Å². The van der Waals surface area contributed by atoms with Gasteiger partial charge < -0.3 is 4.90 Å². The molecule has 0 unspecified atom stereocenters. The van der Waals surface area contributed by atoms with Gasteiger partial charge in [-0.1, -0.05) is 18.2 Å². The average Bonchev–Trinajstić information content (AvgIpc) is 3.06. The van der Waals surface area contributed by atoms with E-state index in [1.165, 1.54) is 5.56 Å². The number of amides is 1. The fraction of sp³-hybridized carbons (Fsp3) is 0.444. The Balaban J connectivity index is 1.44. The molecule has 1 fully saturated rings. The van der Waals surface area contributed by atoms with Gasteiger partial charge in [0.1, 0.15) is 0 Å². The molecule has 5 heteroatoms. The van der Waals surface area contributed by atoms with Crippen LogP contribution in [0.3, 0.4) is 0 Å². The van der Waals surface area contributed by atoms with Gasteiger partial charge in [0, 0.05) is 37.7 Å². The Morgan fingerprint density at radius 3 is 2.87 bits per heavy atom. The highest BCUT2D eigenvalue weighted by atomic mass is 16.2. The highest BCUT2D eigenvalue weighted by Crippen LogP contribution is 2.29. The number of carbonyl (C=O) groups is 1. The van der Waals surface area contributed by atoms with Gasteiger partial charge in [-0.15, -0.1) is 0 Å². The van der Waals surface area contributed by atoms with E-state index in [0.29, 0.717) is 6.04 Å². The van der Waals surface area contributed by atoms with Crippen LogP contribution in [0.1, 0.15) is 24.9 Å². The first kappa shape index (κ1) is 14.5. The van der Waals surface area contributed by atoms with Crippen molar-refractivity contribution in [3.63, 3.8) is 0 Å². The van der Waals surface area contributed by atoms with E-state index in [-0.39, 0.29) is 11.9 Å². The van der Waals surface area contributed by atoms with E-state index >= 15 is 0 Å². The first-order valence-corrected chi connectivity index (χ1v) is 8.36. The second-order valence-corrected chi connectivity index (χ2v) is 6.49. The number of carbonyl (C=O) groups excluding carboxylic acids is 1. The molecule has 0 spiro atoms. The predicted octanol–water partition coefficient (Wildman–Crippen LogP) is 2.11. The van der Waals surface area contributed by atoms with Gasteiger partial charge in [0.05, 0.1) is 12.1 Å². The van der Waals surface area contributed by atoms with Crippen molar-refractivity contribution < 1.29 is 4.79 Å². The van der Waals surface area contributed by atoms with Crippen LogP contribution < -0.4 is 4.90 Å². The number of rotatable bonds is 3. The molecule has 2 aliphatic rings. The van der Waals surface area contributed by atoms with Crippen molar-refractivity contribution >= 4 is 11.6 Å². The molecule has 2 aliphatic heterocycles. The number of benzene rings is 1. The van der Waals surface area contributed by atoms with Crippen LogP contribution in [0.4, 0.5) is 5.69 Å². The van der Waals surface area contributed by atoms with Gasteiger partial charge in [-0.2, -0.15) is 5.10 Å². The lowest BCUT2D eigenvalue weighted by molar-refractivity contribution is -0.125. The first-order chi connectivity index (χ1) is 11.2. The van der Waals surface area contributed by atoms with E-state index in [2.05, 4.69) is 28.2 Å². The van der Waals surface area contributed by atoms with Gasteiger partial charge in [-0.05, 0) is 37.5 Å². The average molecular weight is 310 g/mol. The molecule has 3 heterocycles. The van der Waals surface area contributed by atoms with Crippen LogP contribution in [-0.4, -0.2) is 46.3 Å². The molecule has 23 heavy (non-hydrogen) atoms. The summed E-state index contributed by atoms with van der Waals surface area (Å²) in [6, 6.07) is 10.6. The number of hydrogen-bond acceptors (Lipinski definition) is 3. The zero-order valence-corrected chi connectivity index (χ0v) is 13.4. The Labute approximate surface area is 136 Å². The number of likely N-dealkylation sites (tertiary alicyclic amines) is 1. The molecular formula is C18H22N4O. The maximum Gasteiger partial charge on any atom is 0.244 e. The van der Waals surface area contributed by atoms with Crippen molar-refractivity contribution in [2.45, 2.75) is 31.8 Å². The summed E-state index contributed by atoms with van der Waals surface area (Å²) in [6.45, 7) is 4.64. The lowest BCUT2D eigenvalue weighted by Crippen LogP contribution is -2.57. The van der Waals surface area contributed by atoms with E-state index in [1.807, 2.05) is 41.0 Å². The summed E-state index contributed by atoms with van der Waals surface area (Å²) in [4.78, 5) is 17.2. The van der Waals surface area contributed by atoms with E-state index in [1.54, 1.807) is 0 Å². The molecule has 1 saturated heterocycles. The lowest BCUT2D eigenvalue weighted by Gasteiger charge is -2.44. The quantitative estimate of drug-likeness (QED) is 0.872. The second-order valence-electron chi connectivity index (χ2n) is 6.49. The van der Waals surface area contributed by atoms with E-state index < -0.39 is 0 Å². The van der Waals surface area contributed by atoms with E-state index in [9.17, 15) is 4.79 Å². The summed E-state index contributed by atoms with van der Waals surface area (Å²) < 4.78 is 1.99. The van der Waals surface area contributed by atoms with Crippen LogP contribution in [0.25, 0.3) is 0 Å². The molecule has 1 aromatic carbocycles. The molecule has 0 saturated carbocycles. The number of para-hydroxylation sites is 1. The van der Waals surface area contributed by atoms with Crippen LogP contribution >= 0.6 is 0 Å². The maximum atomic E-state index is 13.0. The van der Waals surface area contributed by atoms with Gasteiger partial charge in [0.2, 0.25) is 5.91 Å². The Hall–Kier alpha value is -2.14. The first-order valence-electron chi connectivity index (χ1n) is 8.36. The highest BCUT2D eigenvalue weighted by Gasteiger charge is 2.37. The minimum atomic E-state index is -0.0760. The summed E-state index contributed by atoms with van der Waals surface area (Å²) in [5.74, 6) is 0.219. The Morgan fingerprint density at radius 2 is 2.09 bits per heavy atom. The molecule has 4 rings (SSSR count). The van der Waals surface area contributed by atoms with Crippen LogP contribution in [0.2, 0.25) is 0 Å². The van der Waals surface area contributed by atoms with Gasteiger partial charge in [0.25, 0.3) is 0 Å². The van der Waals surface area contributed by atoms with Crippen molar-refractivity contribution in [3.8, 4) is 0 Å². The highest BCUT2D eigenvalue weighted by molar-refractivity contribution is 5.98. The standard InChI is InChI=1S/C18H22N4O/c1-14(20-12-16(13-20)22-11-5-9-19-22)18(23)21-10-4-7-15-6-2-3-8-17(15)21/h2-3,5-6,8-9,11,14,16H,4,7,10,12-13H2,1H3/t14-/m0/s1. The third kappa shape index (κ3) is 2.55. The number of fused-ring (bicyclic) bond motifs is 1. The van der Waals surface area contributed by atoms with Crippen molar-refractivity contribution in [1.82, 2.24) is 14.7 Å². The molecule has 0 bridgehead atoms. The largest absolute Gasteiger partial charge is 0.311 e.